The van der Waals surface area contributed by atoms with Crippen molar-refractivity contribution in [1.29, 1.82) is 0 Å². The van der Waals surface area contributed by atoms with Gasteiger partial charge in [0.25, 0.3) is 0 Å². The van der Waals surface area contributed by atoms with Gasteiger partial charge in [-0.25, -0.2) is 4.98 Å². The van der Waals surface area contributed by atoms with E-state index in [-0.39, 0.29) is 17.9 Å². The fraction of sp³-hybridized carbons (Fsp3) is 0.357. The SMILES string of the molecule is Cc1nc(C(C)c2ccccc2)sc1CCON(O)O. The van der Waals surface area contributed by atoms with E-state index in [0.29, 0.717) is 6.42 Å². The van der Waals surface area contributed by atoms with Crippen LogP contribution in [0.3, 0.4) is 0 Å². The van der Waals surface area contributed by atoms with Crippen LogP contribution in [0.1, 0.15) is 34.0 Å². The van der Waals surface area contributed by atoms with Crippen molar-refractivity contribution >= 4 is 11.3 Å². The summed E-state index contributed by atoms with van der Waals surface area (Å²) in [5, 5.41) is 17.8. The molecule has 6 heteroatoms. The molecule has 0 radical (unpaired) electrons. The van der Waals surface area contributed by atoms with Crippen molar-refractivity contribution in [2.75, 3.05) is 6.61 Å². The first-order chi connectivity index (χ1) is 9.58. The van der Waals surface area contributed by atoms with Crippen molar-refractivity contribution in [3.63, 3.8) is 0 Å². The predicted octanol–water partition coefficient (Wildman–Crippen LogP) is 3.16. The van der Waals surface area contributed by atoms with Gasteiger partial charge in [0, 0.05) is 17.2 Å². The zero-order chi connectivity index (χ0) is 14.5. The molecule has 1 unspecified atom stereocenters. The van der Waals surface area contributed by atoms with Crippen molar-refractivity contribution < 1.29 is 15.3 Å². The van der Waals surface area contributed by atoms with E-state index >= 15 is 0 Å². The molecule has 20 heavy (non-hydrogen) atoms. The minimum atomic E-state index is -0.260. The Morgan fingerprint density at radius 3 is 2.65 bits per heavy atom. The molecule has 0 aliphatic heterocycles. The largest absolute Gasteiger partial charge is 0.266 e. The van der Waals surface area contributed by atoms with E-state index in [1.165, 1.54) is 5.56 Å². The van der Waals surface area contributed by atoms with E-state index in [2.05, 4.69) is 28.9 Å². The van der Waals surface area contributed by atoms with Gasteiger partial charge < -0.3 is 0 Å². The molecule has 0 saturated heterocycles. The zero-order valence-corrected chi connectivity index (χ0v) is 12.3. The molecule has 0 spiro atoms. The minimum absolute atomic E-state index is 0.204. The number of hydrogen-bond donors (Lipinski definition) is 2. The van der Waals surface area contributed by atoms with Crippen LogP contribution in [0.2, 0.25) is 0 Å². The van der Waals surface area contributed by atoms with Crippen LogP contribution in [0.4, 0.5) is 0 Å². The highest BCUT2D eigenvalue weighted by Crippen LogP contribution is 2.29. The van der Waals surface area contributed by atoms with Crippen molar-refractivity contribution in [3.05, 3.63) is 51.5 Å². The van der Waals surface area contributed by atoms with E-state index in [9.17, 15) is 0 Å². The fourth-order valence-electron chi connectivity index (χ4n) is 1.97. The maximum Gasteiger partial charge on any atom is 0.100 e. The number of benzene rings is 1. The van der Waals surface area contributed by atoms with Gasteiger partial charge in [-0.2, -0.15) is 0 Å². The highest BCUT2D eigenvalue weighted by atomic mass is 32.1. The van der Waals surface area contributed by atoms with Crippen LogP contribution in [0.15, 0.2) is 30.3 Å². The summed E-state index contributed by atoms with van der Waals surface area (Å²) in [6.07, 6.45) is 0.600. The molecule has 0 aliphatic rings. The van der Waals surface area contributed by atoms with Crippen LogP contribution in [0.25, 0.3) is 0 Å². The van der Waals surface area contributed by atoms with Gasteiger partial charge in [-0.05, 0) is 12.5 Å². The van der Waals surface area contributed by atoms with E-state index in [1.807, 2.05) is 25.1 Å². The summed E-state index contributed by atoms with van der Waals surface area (Å²) in [6.45, 7) is 4.30. The lowest BCUT2D eigenvalue weighted by Gasteiger charge is -2.07. The van der Waals surface area contributed by atoms with E-state index in [0.717, 1.165) is 15.6 Å². The summed E-state index contributed by atoms with van der Waals surface area (Å²) in [6, 6.07) is 10.2. The average molecular weight is 294 g/mol. The number of aromatic nitrogens is 1. The highest BCUT2D eigenvalue weighted by molar-refractivity contribution is 7.11. The Balaban J connectivity index is 2.07. The number of aryl methyl sites for hydroxylation is 1. The first-order valence-corrected chi connectivity index (χ1v) is 7.21. The molecular weight excluding hydrogens is 276 g/mol. The van der Waals surface area contributed by atoms with Crippen LogP contribution in [-0.4, -0.2) is 27.4 Å². The number of rotatable bonds is 6. The van der Waals surface area contributed by atoms with E-state index < -0.39 is 0 Å². The van der Waals surface area contributed by atoms with Gasteiger partial charge in [0.2, 0.25) is 0 Å². The van der Waals surface area contributed by atoms with Gasteiger partial charge in [0.1, 0.15) is 5.01 Å². The monoisotopic (exact) mass is 294 g/mol. The second kappa shape index (κ2) is 6.92. The number of thiazole rings is 1. The highest BCUT2D eigenvalue weighted by Gasteiger charge is 2.15. The Bertz CT molecular complexity index is 543. The molecule has 0 amide bonds. The molecule has 0 bridgehead atoms. The second-order valence-electron chi connectivity index (χ2n) is 4.53. The lowest BCUT2D eigenvalue weighted by molar-refractivity contribution is -0.492. The zero-order valence-electron chi connectivity index (χ0n) is 11.5. The molecule has 1 atom stereocenters. The van der Waals surface area contributed by atoms with Crippen LogP contribution in [0, 0.1) is 6.92 Å². The van der Waals surface area contributed by atoms with E-state index in [4.69, 9.17) is 10.4 Å². The Morgan fingerprint density at radius 1 is 1.30 bits per heavy atom. The smallest absolute Gasteiger partial charge is 0.100 e. The Labute approximate surface area is 121 Å². The van der Waals surface area contributed by atoms with E-state index in [1.54, 1.807) is 11.3 Å². The third-order valence-electron chi connectivity index (χ3n) is 3.12. The molecular formula is C14H18N2O3S. The molecule has 2 rings (SSSR count). The summed E-state index contributed by atoms with van der Waals surface area (Å²) >= 11 is 1.64. The molecule has 108 valence electrons. The fourth-order valence-corrected chi connectivity index (χ4v) is 3.10. The molecule has 0 aliphatic carbocycles. The molecule has 2 N–H and O–H groups in total. The molecule has 1 aromatic carbocycles. The first kappa shape index (κ1) is 15.1. The minimum Gasteiger partial charge on any atom is -0.266 e. The summed E-state index contributed by atoms with van der Waals surface area (Å²) in [7, 11) is 0. The molecule has 5 nitrogen and oxygen atoms in total. The Morgan fingerprint density at radius 2 is 2.00 bits per heavy atom. The van der Waals surface area contributed by atoms with Gasteiger partial charge in [0.15, 0.2) is 0 Å². The van der Waals surface area contributed by atoms with Crippen LogP contribution >= 0.6 is 11.3 Å². The normalized spacial score (nSPS) is 12.8. The second-order valence-corrected chi connectivity index (χ2v) is 5.64. The Hall–Kier alpha value is -1.31. The third kappa shape index (κ3) is 3.84. The summed E-state index contributed by atoms with van der Waals surface area (Å²) in [4.78, 5) is 10.3. The lowest BCUT2D eigenvalue weighted by atomic mass is 10.0. The Kier molecular flexibility index (Phi) is 5.22. The topological polar surface area (TPSA) is 65.8 Å². The molecule has 0 fully saturated rings. The quantitative estimate of drug-likeness (QED) is 0.801. The summed E-state index contributed by atoms with van der Waals surface area (Å²) < 4.78 is 0. The third-order valence-corrected chi connectivity index (χ3v) is 4.51. The van der Waals surface area contributed by atoms with Gasteiger partial charge >= 0.3 is 0 Å². The maximum atomic E-state index is 8.50. The number of nitrogens with zero attached hydrogens (tertiary/aromatic N) is 2. The van der Waals surface area contributed by atoms with Gasteiger partial charge in [-0.1, -0.05) is 37.3 Å². The average Bonchev–Trinajstić information content (AvgIpc) is 2.80. The van der Waals surface area contributed by atoms with Crippen LogP contribution in [0.5, 0.6) is 0 Å². The maximum absolute atomic E-state index is 8.50. The first-order valence-electron chi connectivity index (χ1n) is 6.40. The molecule has 0 saturated carbocycles. The van der Waals surface area contributed by atoms with Gasteiger partial charge in [-0.3, -0.25) is 15.3 Å². The van der Waals surface area contributed by atoms with Gasteiger partial charge in [0.05, 0.1) is 17.7 Å². The van der Waals surface area contributed by atoms with Crippen LogP contribution < -0.4 is 0 Å². The van der Waals surface area contributed by atoms with Gasteiger partial charge in [-0.15, -0.1) is 11.3 Å². The molecule has 2 aromatic rings. The summed E-state index contributed by atoms with van der Waals surface area (Å²) in [5.41, 5.74) is 2.21. The molecule has 1 heterocycles. The standard InChI is InChI=1S/C14H18N2O3S/c1-10(12-6-4-3-5-7-12)14-15-11(2)13(20-14)8-9-19-16(17)18/h3-7,10,17-18H,8-9H2,1-2H3. The molecule has 1 aromatic heterocycles. The number of hydrogen-bond acceptors (Lipinski definition) is 6. The predicted molar refractivity (Wildman–Crippen MR) is 75.9 cm³/mol. The van der Waals surface area contributed by atoms with Crippen molar-refractivity contribution in [2.24, 2.45) is 0 Å². The lowest BCUT2D eigenvalue weighted by Crippen LogP contribution is -2.16. The summed E-state index contributed by atoms with van der Waals surface area (Å²) in [5.74, 6) is 0.252. The van der Waals surface area contributed by atoms with Crippen molar-refractivity contribution in [1.82, 2.24) is 10.4 Å². The van der Waals surface area contributed by atoms with Crippen molar-refractivity contribution in [2.45, 2.75) is 26.2 Å². The van der Waals surface area contributed by atoms with Crippen molar-refractivity contribution in [3.8, 4) is 0 Å². The van der Waals surface area contributed by atoms with Crippen LogP contribution in [-0.2, 0) is 11.3 Å².